The van der Waals surface area contributed by atoms with Gasteiger partial charge in [0.15, 0.2) is 0 Å². The Labute approximate surface area is 109 Å². The summed E-state index contributed by atoms with van der Waals surface area (Å²) in [5.41, 5.74) is 7.72. The van der Waals surface area contributed by atoms with E-state index in [1.54, 1.807) is 0 Å². The fraction of sp³-hybridized carbons (Fsp3) is 0.538. The SMILES string of the molecule is Cc1cccc(CC(N)COCC(F)(F)C(F)F)c1. The molecule has 0 aliphatic heterocycles. The molecule has 19 heavy (non-hydrogen) atoms. The second-order valence-corrected chi connectivity index (χ2v) is 4.53. The van der Waals surface area contributed by atoms with E-state index in [2.05, 4.69) is 4.74 Å². The van der Waals surface area contributed by atoms with Crippen LogP contribution in [0.4, 0.5) is 17.6 Å². The molecule has 2 nitrogen and oxygen atoms in total. The van der Waals surface area contributed by atoms with Gasteiger partial charge in [-0.3, -0.25) is 0 Å². The average Bonchev–Trinajstić information content (AvgIpc) is 2.28. The van der Waals surface area contributed by atoms with E-state index >= 15 is 0 Å². The van der Waals surface area contributed by atoms with Gasteiger partial charge < -0.3 is 10.5 Å². The maximum atomic E-state index is 12.6. The molecule has 0 aliphatic carbocycles. The lowest BCUT2D eigenvalue weighted by atomic mass is 10.1. The molecule has 1 aromatic rings. The normalized spacial score (nSPS) is 13.8. The van der Waals surface area contributed by atoms with Crippen LogP contribution >= 0.6 is 0 Å². The summed E-state index contributed by atoms with van der Waals surface area (Å²) in [4.78, 5) is 0. The molecule has 0 spiro atoms. The number of ether oxygens (including phenoxy) is 1. The first-order valence-electron chi connectivity index (χ1n) is 5.86. The summed E-state index contributed by atoms with van der Waals surface area (Å²) in [6.07, 6.45) is -3.28. The molecule has 1 atom stereocenters. The van der Waals surface area contributed by atoms with Crippen molar-refractivity contribution in [1.82, 2.24) is 0 Å². The van der Waals surface area contributed by atoms with Gasteiger partial charge in [-0.2, -0.15) is 8.78 Å². The van der Waals surface area contributed by atoms with Gasteiger partial charge in [-0.15, -0.1) is 0 Å². The highest BCUT2D eigenvalue weighted by Gasteiger charge is 2.40. The van der Waals surface area contributed by atoms with Crippen molar-refractivity contribution in [2.24, 2.45) is 5.73 Å². The Morgan fingerprint density at radius 3 is 2.58 bits per heavy atom. The molecule has 6 heteroatoms. The maximum Gasteiger partial charge on any atom is 0.330 e. The predicted octanol–water partition coefficient (Wildman–Crippen LogP) is 2.78. The third-order valence-electron chi connectivity index (χ3n) is 2.53. The van der Waals surface area contributed by atoms with Crippen molar-refractivity contribution in [2.75, 3.05) is 13.2 Å². The quantitative estimate of drug-likeness (QED) is 0.779. The van der Waals surface area contributed by atoms with Crippen LogP contribution in [-0.4, -0.2) is 31.6 Å². The Morgan fingerprint density at radius 2 is 2.00 bits per heavy atom. The smallest absolute Gasteiger partial charge is 0.330 e. The van der Waals surface area contributed by atoms with Crippen molar-refractivity contribution in [2.45, 2.75) is 31.7 Å². The van der Waals surface area contributed by atoms with Crippen molar-refractivity contribution in [3.8, 4) is 0 Å². The van der Waals surface area contributed by atoms with Gasteiger partial charge in [-0.25, -0.2) is 8.78 Å². The molecule has 0 fully saturated rings. The van der Waals surface area contributed by atoms with Crippen LogP contribution in [0.5, 0.6) is 0 Å². The van der Waals surface area contributed by atoms with Crippen LogP contribution in [-0.2, 0) is 11.2 Å². The van der Waals surface area contributed by atoms with Gasteiger partial charge in [0.05, 0.1) is 6.61 Å². The number of halogens is 4. The Morgan fingerprint density at radius 1 is 1.32 bits per heavy atom. The molecule has 0 bridgehead atoms. The number of hydrogen-bond acceptors (Lipinski definition) is 2. The Hall–Kier alpha value is -1.14. The molecule has 1 unspecified atom stereocenters. The molecule has 1 rings (SSSR count). The van der Waals surface area contributed by atoms with Gasteiger partial charge in [-0.05, 0) is 18.9 Å². The van der Waals surface area contributed by atoms with E-state index in [0.717, 1.165) is 11.1 Å². The molecule has 2 N–H and O–H groups in total. The van der Waals surface area contributed by atoms with Crippen molar-refractivity contribution in [3.63, 3.8) is 0 Å². The van der Waals surface area contributed by atoms with Crippen LogP contribution in [0, 0.1) is 6.92 Å². The monoisotopic (exact) mass is 279 g/mol. The highest BCUT2D eigenvalue weighted by atomic mass is 19.3. The summed E-state index contributed by atoms with van der Waals surface area (Å²) in [6.45, 7) is 0.428. The molecule has 0 saturated heterocycles. The third-order valence-corrected chi connectivity index (χ3v) is 2.53. The summed E-state index contributed by atoms with van der Waals surface area (Å²) >= 11 is 0. The number of hydrogen-bond donors (Lipinski definition) is 1. The van der Waals surface area contributed by atoms with Gasteiger partial charge in [0, 0.05) is 6.04 Å². The highest BCUT2D eigenvalue weighted by molar-refractivity contribution is 5.22. The van der Waals surface area contributed by atoms with Gasteiger partial charge in [0.25, 0.3) is 0 Å². The van der Waals surface area contributed by atoms with Gasteiger partial charge in [-0.1, -0.05) is 29.8 Å². The van der Waals surface area contributed by atoms with Gasteiger partial charge in [0.1, 0.15) is 6.61 Å². The third kappa shape index (κ3) is 5.57. The molecule has 0 aliphatic rings. The molecular formula is C13H17F4NO. The number of aryl methyl sites for hydroxylation is 1. The van der Waals surface area contributed by atoms with E-state index in [0.29, 0.717) is 6.42 Å². The first-order chi connectivity index (χ1) is 8.81. The van der Waals surface area contributed by atoms with Crippen molar-refractivity contribution >= 4 is 0 Å². The first-order valence-corrected chi connectivity index (χ1v) is 5.86. The van der Waals surface area contributed by atoms with Crippen molar-refractivity contribution in [3.05, 3.63) is 35.4 Å². The number of rotatable bonds is 7. The molecule has 1 aromatic carbocycles. The van der Waals surface area contributed by atoms with E-state index in [9.17, 15) is 17.6 Å². The summed E-state index contributed by atoms with van der Waals surface area (Å²) in [5, 5.41) is 0. The largest absolute Gasteiger partial charge is 0.373 e. The van der Waals surface area contributed by atoms with E-state index in [4.69, 9.17) is 5.73 Å². The van der Waals surface area contributed by atoms with Gasteiger partial charge >= 0.3 is 12.3 Å². The number of alkyl halides is 4. The second-order valence-electron chi connectivity index (χ2n) is 4.53. The molecule has 108 valence electrons. The lowest BCUT2D eigenvalue weighted by Gasteiger charge is -2.17. The fourth-order valence-corrected chi connectivity index (χ4v) is 1.61. The van der Waals surface area contributed by atoms with Crippen LogP contribution in [0.2, 0.25) is 0 Å². The Kier molecular flexibility index (Phi) is 5.75. The lowest BCUT2D eigenvalue weighted by molar-refractivity contribution is -0.166. The molecular weight excluding hydrogens is 262 g/mol. The fourth-order valence-electron chi connectivity index (χ4n) is 1.61. The minimum atomic E-state index is -4.12. The number of benzene rings is 1. The first kappa shape index (κ1) is 15.9. The topological polar surface area (TPSA) is 35.2 Å². The van der Waals surface area contributed by atoms with E-state index in [1.807, 2.05) is 31.2 Å². The zero-order valence-electron chi connectivity index (χ0n) is 10.6. The van der Waals surface area contributed by atoms with E-state index in [-0.39, 0.29) is 6.61 Å². The Balaban J connectivity index is 2.34. The summed E-state index contributed by atoms with van der Waals surface area (Å²) in [5.74, 6) is -4.12. The van der Waals surface area contributed by atoms with Crippen LogP contribution in [0.1, 0.15) is 11.1 Å². The average molecular weight is 279 g/mol. The zero-order valence-corrected chi connectivity index (χ0v) is 10.6. The summed E-state index contributed by atoms with van der Waals surface area (Å²) in [6, 6.07) is 7.07. The van der Waals surface area contributed by atoms with Crippen molar-refractivity contribution < 1.29 is 22.3 Å². The standard InChI is InChI=1S/C13H17F4NO/c1-9-3-2-4-10(5-9)6-11(18)7-19-8-13(16,17)12(14)15/h2-5,11-12H,6-8,18H2,1H3. The molecule has 0 aromatic heterocycles. The number of nitrogens with two attached hydrogens (primary N) is 1. The van der Waals surface area contributed by atoms with Crippen LogP contribution in [0.25, 0.3) is 0 Å². The van der Waals surface area contributed by atoms with Gasteiger partial charge in [0.2, 0.25) is 0 Å². The predicted molar refractivity (Wildman–Crippen MR) is 64.6 cm³/mol. The molecule has 0 radical (unpaired) electrons. The Bertz CT molecular complexity index is 398. The molecule has 0 heterocycles. The second kappa shape index (κ2) is 6.86. The summed E-state index contributed by atoms with van der Waals surface area (Å²) < 4.78 is 53.4. The van der Waals surface area contributed by atoms with E-state index < -0.39 is 25.0 Å². The molecule has 0 amide bonds. The van der Waals surface area contributed by atoms with E-state index in [1.165, 1.54) is 0 Å². The molecule has 0 saturated carbocycles. The summed E-state index contributed by atoms with van der Waals surface area (Å²) in [7, 11) is 0. The minimum absolute atomic E-state index is 0.184. The van der Waals surface area contributed by atoms with Crippen molar-refractivity contribution in [1.29, 1.82) is 0 Å². The van der Waals surface area contributed by atoms with Crippen LogP contribution < -0.4 is 5.73 Å². The highest BCUT2D eigenvalue weighted by Crippen LogP contribution is 2.22. The lowest BCUT2D eigenvalue weighted by Crippen LogP contribution is -2.36. The minimum Gasteiger partial charge on any atom is -0.373 e. The van der Waals surface area contributed by atoms with Crippen LogP contribution in [0.15, 0.2) is 24.3 Å². The van der Waals surface area contributed by atoms with Crippen LogP contribution in [0.3, 0.4) is 0 Å². The zero-order chi connectivity index (χ0) is 14.5. The maximum absolute atomic E-state index is 12.6.